The molecule has 1 aromatic carbocycles. The number of carbonyl (C=O) groups is 1. The van der Waals surface area contributed by atoms with Crippen molar-refractivity contribution in [1.29, 1.82) is 0 Å². The second kappa shape index (κ2) is 4.22. The highest BCUT2D eigenvalue weighted by Crippen LogP contribution is 2.22. The summed E-state index contributed by atoms with van der Waals surface area (Å²) in [5.74, 6) is 0. The molecule has 0 spiro atoms. The fourth-order valence-electron chi connectivity index (χ4n) is 1.75. The first kappa shape index (κ1) is 11.7. The minimum absolute atomic E-state index is 0.129. The normalized spacial score (nSPS) is 10.7. The second-order valence-electron chi connectivity index (χ2n) is 3.78. The Balaban J connectivity index is 2.76. The molecule has 0 atom stereocenters. The van der Waals surface area contributed by atoms with E-state index in [1.807, 2.05) is 0 Å². The summed E-state index contributed by atoms with van der Waals surface area (Å²) in [5.41, 5.74) is 6.98. The van der Waals surface area contributed by atoms with Gasteiger partial charge in [-0.25, -0.2) is 4.79 Å². The van der Waals surface area contributed by atoms with E-state index in [4.69, 9.17) is 21.8 Å². The molecule has 0 fully saturated rings. The molecular formula is C12H10ClNO3. The van der Waals surface area contributed by atoms with E-state index < -0.39 is 10.9 Å². The average molecular weight is 252 g/mol. The van der Waals surface area contributed by atoms with Crippen LogP contribution in [0.3, 0.4) is 0 Å². The molecule has 0 amide bonds. The van der Waals surface area contributed by atoms with Crippen LogP contribution in [-0.2, 0) is 11.2 Å². The van der Waals surface area contributed by atoms with Crippen LogP contribution in [0, 0.1) is 6.92 Å². The number of benzene rings is 1. The van der Waals surface area contributed by atoms with Crippen LogP contribution in [0.5, 0.6) is 0 Å². The van der Waals surface area contributed by atoms with Gasteiger partial charge in [-0.05, 0) is 36.2 Å². The Kier molecular flexibility index (Phi) is 2.90. The molecule has 0 aliphatic rings. The Bertz CT molecular complexity index is 661. The number of fused-ring (bicyclic) bond motifs is 1. The number of aryl methyl sites for hydroxylation is 1. The van der Waals surface area contributed by atoms with Crippen molar-refractivity contribution in [3.05, 3.63) is 39.7 Å². The quantitative estimate of drug-likeness (QED) is 0.503. The highest BCUT2D eigenvalue weighted by atomic mass is 35.5. The molecule has 5 heteroatoms. The molecule has 0 radical (unpaired) electrons. The maximum atomic E-state index is 11.7. The molecule has 0 bridgehead atoms. The molecule has 0 saturated heterocycles. The smallest absolute Gasteiger partial charge is 0.340 e. The minimum atomic E-state index is -0.588. The molecule has 1 aromatic heterocycles. The van der Waals surface area contributed by atoms with E-state index in [1.165, 1.54) is 0 Å². The van der Waals surface area contributed by atoms with Crippen LogP contribution in [0.2, 0.25) is 0 Å². The fraction of sp³-hybridized carbons (Fsp3) is 0.167. The third kappa shape index (κ3) is 2.17. The fourth-order valence-corrected chi connectivity index (χ4v) is 1.89. The topological polar surface area (TPSA) is 73.3 Å². The summed E-state index contributed by atoms with van der Waals surface area (Å²) in [6, 6.07) is 5.04. The van der Waals surface area contributed by atoms with Crippen molar-refractivity contribution >= 4 is 33.5 Å². The first-order chi connectivity index (χ1) is 7.99. The SMILES string of the molecule is Cc1c(CC(=O)Cl)c(=O)oc2cc(N)ccc12. The van der Waals surface area contributed by atoms with Crippen LogP contribution < -0.4 is 11.4 Å². The average Bonchev–Trinajstić information content (AvgIpc) is 2.23. The molecule has 0 aliphatic heterocycles. The number of nitrogens with two attached hydrogens (primary N) is 1. The zero-order chi connectivity index (χ0) is 12.6. The summed E-state index contributed by atoms with van der Waals surface area (Å²) in [7, 11) is 0. The van der Waals surface area contributed by atoms with Crippen LogP contribution in [0.25, 0.3) is 11.0 Å². The summed E-state index contributed by atoms with van der Waals surface area (Å²) >= 11 is 5.29. The van der Waals surface area contributed by atoms with E-state index in [0.29, 0.717) is 22.4 Å². The van der Waals surface area contributed by atoms with Gasteiger partial charge in [-0.2, -0.15) is 0 Å². The Morgan fingerprint density at radius 1 is 1.47 bits per heavy atom. The molecule has 88 valence electrons. The predicted octanol–water partition coefficient (Wildman–Crippen LogP) is 1.99. The summed E-state index contributed by atoms with van der Waals surface area (Å²) in [5, 5.41) is 0.168. The largest absolute Gasteiger partial charge is 0.422 e. The predicted molar refractivity (Wildman–Crippen MR) is 66.2 cm³/mol. The molecule has 17 heavy (non-hydrogen) atoms. The Labute approximate surface area is 102 Å². The molecule has 2 N–H and O–H groups in total. The lowest BCUT2D eigenvalue weighted by Crippen LogP contribution is -2.12. The molecule has 2 aromatic rings. The number of anilines is 1. The Morgan fingerprint density at radius 3 is 2.82 bits per heavy atom. The van der Waals surface area contributed by atoms with Gasteiger partial charge in [-0.3, -0.25) is 4.79 Å². The maximum absolute atomic E-state index is 11.7. The van der Waals surface area contributed by atoms with Crippen LogP contribution in [0.1, 0.15) is 11.1 Å². The lowest BCUT2D eigenvalue weighted by Gasteiger charge is -2.06. The van der Waals surface area contributed by atoms with Gasteiger partial charge in [0.2, 0.25) is 5.24 Å². The van der Waals surface area contributed by atoms with Gasteiger partial charge >= 0.3 is 5.63 Å². The molecule has 0 saturated carbocycles. The van der Waals surface area contributed by atoms with E-state index in [9.17, 15) is 9.59 Å². The van der Waals surface area contributed by atoms with Crippen molar-refractivity contribution in [3.8, 4) is 0 Å². The van der Waals surface area contributed by atoms with Gasteiger partial charge in [-0.15, -0.1) is 0 Å². The summed E-state index contributed by atoms with van der Waals surface area (Å²) < 4.78 is 5.11. The van der Waals surface area contributed by atoms with Gasteiger partial charge in [0.25, 0.3) is 0 Å². The molecular weight excluding hydrogens is 242 g/mol. The van der Waals surface area contributed by atoms with Crippen molar-refractivity contribution in [2.75, 3.05) is 5.73 Å². The van der Waals surface area contributed by atoms with E-state index in [0.717, 1.165) is 5.39 Å². The summed E-state index contributed by atoms with van der Waals surface area (Å²) in [6.45, 7) is 1.75. The van der Waals surface area contributed by atoms with Gasteiger partial charge in [0, 0.05) is 22.7 Å². The third-order valence-corrected chi connectivity index (χ3v) is 2.76. The van der Waals surface area contributed by atoms with E-state index in [2.05, 4.69) is 0 Å². The summed E-state index contributed by atoms with van der Waals surface area (Å²) in [6.07, 6.45) is -0.129. The van der Waals surface area contributed by atoms with Gasteiger partial charge < -0.3 is 10.2 Å². The van der Waals surface area contributed by atoms with Crippen molar-refractivity contribution in [1.82, 2.24) is 0 Å². The van der Waals surface area contributed by atoms with Crippen molar-refractivity contribution in [3.63, 3.8) is 0 Å². The Morgan fingerprint density at radius 2 is 2.18 bits per heavy atom. The number of nitrogen functional groups attached to an aromatic ring is 1. The zero-order valence-corrected chi connectivity index (χ0v) is 9.88. The number of rotatable bonds is 2. The maximum Gasteiger partial charge on any atom is 0.340 e. The van der Waals surface area contributed by atoms with Gasteiger partial charge in [-0.1, -0.05) is 0 Å². The van der Waals surface area contributed by atoms with Gasteiger partial charge in [0.1, 0.15) is 5.58 Å². The monoisotopic (exact) mass is 251 g/mol. The number of carbonyl (C=O) groups excluding carboxylic acids is 1. The second-order valence-corrected chi connectivity index (χ2v) is 4.20. The van der Waals surface area contributed by atoms with Crippen LogP contribution in [-0.4, -0.2) is 5.24 Å². The van der Waals surface area contributed by atoms with Crippen molar-refractivity contribution in [2.45, 2.75) is 13.3 Å². The molecule has 0 aliphatic carbocycles. The number of hydrogen-bond acceptors (Lipinski definition) is 4. The van der Waals surface area contributed by atoms with Gasteiger partial charge in [0.05, 0.1) is 6.42 Å². The van der Waals surface area contributed by atoms with E-state index in [1.54, 1.807) is 25.1 Å². The standard InChI is InChI=1S/C12H10ClNO3/c1-6-8-3-2-7(14)4-10(8)17-12(16)9(6)5-11(13)15/h2-4H,5,14H2,1H3. The lowest BCUT2D eigenvalue weighted by molar-refractivity contribution is -0.111. The minimum Gasteiger partial charge on any atom is -0.422 e. The van der Waals surface area contributed by atoms with E-state index >= 15 is 0 Å². The highest BCUT2D eigenvalue weighted by molar-refractivity contribution is 6.63. The molecule has 4 nitrogen and oxygen atoms in total. The third-order valence-electron chi connectivity index (χ3n) is 2.63. The number of halogens is 1. The Hall–Kier alpha value is -1.81. The molecule has 1 heterocycles. The van der Waals surface area contributed by atoms with Crippen LogP contribution in [0.4, 0.5) is 5.69 Å². The molecule has 2 rings (SSSR count). The van der Waals surface area contributed by atoms with Crippen molar-refractivity contribution in [2.24, 2.45) is 0 Å². The first-order valence-electron chi connectivity index (χ1n) is 4.99. The first-order valence-corrected chi connectivity index (χ1v) is 5.37. The summed E-state index contributed by atoms with van der Waals surface area (Å²) in [4.78, 5) is 22.6. The van der Waals surface area contributed by atoms with Crippen LogP contribution >= 0.6 is 11.6 Å². The molecule has 0 unspecified atom stereocenters. The van der Waals surface area contributed by atoms with Crippen molar-refractivity contribution < 1.29 is 9.21 Å². The van der Waals surface area contributed by atoms with Gasteiger partial charge in [0.15, 0.2) is 0 Å². The van der Waals surface area contributed by atoms with E-state index in [-0.39, 0.29) is 6.42 Å². The van der Waals surface area contributed by atoms with Crippen LogP contribution in [0.15, 0.2) is 27.4 Å². The number of hydrogen-bond donors (Lipinski definition) is 1. The lowest BCUT2D eigenvalue weighted by atomic mass is 10.0. The highest BCUT2D eigenvalue weighted by Gasteiger charge is 2.13. The zero-order valence-electron chi connectivity index (χ0n) is 9.12.